The fourth-order valence-electron chi connectivity index (χ4n) is 4.89. The van der Waals surface area contributed by atoms with Crippen molar-refractivity contribution in [1.29, 1.82) is 0 Å². The monoisotopic (exact) mass is 474 g/mol. The van der Waals surface area contributed by atoms with E-state index in [1.165, 1.54) is 24.1 Å². The van der Waals surface area contributed by atoms with E-state index in [1.54, 1.807) is 6.92 Å². The van der Waals surface area contributed by atoms with Crippen LogP contribution in [-0.4, -0.2) is 60.8 Å². The Morgan fingerprint density at radius 2 is 1.74 bits per heavy atom. The van der Waals surface area contributed by atoms with Gasteiger partial charge in [0.1, 0.15) is 11.9 Å². The standard InChI is InChI=1S/C25H42N6O3/c1-6-34-23(32)21(15-16(2)3)29-25(33)27-18-13-11-17(12-14-18)26-24-28-20-10-8-7-9-19(20)22(30-24)31(4)5/h16-18,21H,6-15H2,1-5H3,(H,26,28,30)(H2,27,29,33). The van der Waals surface area contributed by atoms with Crippen molar-refractivity contribution in [3.8, 4) is 0 Å². The van der Waals surface area contributed by atoms with Gasteiger partial charge in [-0.3, -0.25) is 0 Å². The van der Waals surface area contributed by atoms with E-state index in [-0.39, 0.29) is 30.0 Å². The molecule has 3 N–H and O–H groups in total. The summed E-state index contributed by atoms with van der Waals surface area (Å²) in [5, 5.41) is 9.40. The summed E-state index contributed by atoms with van der Waals surface area (Å²) in [6.45, 7) is 6.12. The van der Waals surface area contributed by atoms with E-state index in [2.05, 4.69) is 20.9 Å². The lowest BCUT2D eigenvalue weighted by Gasteiger charge is -2.31. The lowest BCUT2D eigenvalue weighted by molar-refractivity contribution is -0.145. The van der Waals surface area contributed by atoms with Gasteiger partial charge in [0.2, 0.25) is 5.95 Å². The second-order valence-electron chi connectivity index (χ2n) is 10.1. The third-order valence-corrected chi connectivity index (χ3v) is 6.56. The average Bonchev–Trinajstić information content (AvgIpc) is 2.79. The van der Waals surface area contributed by atoms with Crippen LogP contribution in [0.3, 0.4) is 0 Å². The van der Waals surface area contributed by atoms with Gasteiger partial charge in [-0.05, 0) is 70.6 Å². The maximum atomic E-state index is 12.6. The van der Waals surface area contributed by atoms with Gasteiger partial charge in [0.15, 0.2) is 0 Å². The molecule has 1 unspecified atom stereocenters. The lowest BCUT2D eigenvalue weighted by Crippen LogP contribution is -2.51. The fraction of sp³-hybridized carbons (Fsp3) is 0.760. The summed E-state index contributed by atoms with van der Waals surface area (Å²) in [5.41, 5.74) is 2.47. The van der Waals surface area contributed by atoms with Gasteiger partial charge < -0.3 is 25.6 Å². The molecule has 1 aromatic rings. The van der Waals surface area contributed by atoms with Crippen LogP contribution in [0.15, 0.2) is 0 Å². The van der Waals surface area contributed by atoms with Crippen molar-refractivity contribution in [2.75, 3.05) is 30.9 Å². The van der Waals surface area contributed by atoms with Crippen molar-refractivity contribution in [2.24, 2.45) is 5.92 Å². The highest BCUT2D eigenvalue weighted by molar-refractivity contribution is 5.83. The van der Waals surface area contributed by atoms with Crippen LogP contribution in [0, 0.1) is 5.92 Å². The molecule has 0 bridgehead atoms. The van der Waals surface area contributed by atoms with Gasteiger partial charge in [-0.1, -0.05) is 13.8 Å². The topological polar surface area (TPSA) is 108 Å². The average molecular weight is 475 g/mol. The highest BCUT2D eigenvalue weighted by atomic mass is 16.5. The number of nitrogens with zero attached hydrogens (tertiary/aromatic N) is 3. The van der Waals surface area contributed by atoms with Crippen LogP contribution < -0.4 is 20.9 Å². The van der Waals surface area contributed by atoms with E-state index in [4.69, 9.17) is 14.7 Å². The van der Waals surface area contributed by atoms with Gasteiger partial charge in [-0.2, -0.15) is 4.98 Å². The number of amides is 2. The number of anilines is 2. The fourth-order valence-corrected chi connectivity index (χ4v) is 4.89. The molecule has 0 radical (unpaired) electrons. The maximum Gasteiger partial charge on any atom is 0.328 e. The number of carbonyl (C=O) groups is 2. The molecule has 1 saturated carbocycles. The Kier molecular flexibility index (Phi) is 9.36. The summed E-state index contributed by atoms with van der Waals surface area (Å²) in [4.78, 5) is 36.5. The molecule has 2 amide bonds. The van der Waals surface area contributed by atoms with Crippen molar-refractivity contribution in [3.05, 3.63) is 11.3 Å². The maximum absolute atomic E-state index is 12.6. The number of nitrogens with one attached hydrogen (secondary N) is 3. The third kappa shape index (κ3) is 7.21. The van der Waals surface area contributed by atoms with Crippen molar-refractivity contribution in [1.82, 2.24) is 20.6 Å². The van der Waals surface area contributed by atoms with Crippen molar-refractivity contribution >= 4 is 23.8 Å². The first-order chi connectivity index (χ1) is 16.3. The molecule has 190 valence electrons. The van der Waals surface area contributed by atoms with Gasteiger partial charge in [0.25, 0.3) is 0 Å². The zero-order valence-electron chi connectivity index (χ0n) is 21.4. The van der Waals surface area contributed by atoms with Gasteiger partial charge in [-0.25, -0.2) is 14.6 Å². The lowest BCUT2D eigenvalue weighted by atomic mass is 9.91. The quantitative estimate of drug-likeness (QED) is 0.471. The molecule has 3 rings (SSSR count). The van der Waals surface area contributed by atoms with Gasteiger partial charge in [0, 0.05) is 31.7 Å². The molecular weight excluding hydrogens is 432 g/mol. The number of esters is 1. The molecule has 2 aliphatic rings. The summed E-state index contributed by atoms with van der Waals surface area (Å²) in [7, 11) is 4.08. The molecule has 34 heavy (non-hydrogen) atoms. The predicted molar refractivity (Wildman–Crippen MR) is 134 cm³/mol. The number of fused-ring (bicyclic) bond motifs is 1. The Hall–Kier alpha value is -2.58. The number of hydrogen-bond acceptors (Lipinski definition) is 7. The number of rotatable bonds is 9. The first-order valence-electron chi connectivity index (χ1n) is 12.8. The Balaban J connectivity index is 1.51. The van der Waals surface area contributed by atoms with Crippen LogP contribution >= 0.6 is 0 Å². The molecule has 0 saturated heterocycles. The van der Waals surface area contributed by atoms with Crippen LogP contribution in [0.1, 0.15) is 77.0 Å². The third-order valence-electron chi connectivity index (χ3n) is 6.56. The zero-order chi connectivity index (χ0) is 24.7. The first kappa shape index (κ1) is 26.0. The van der Waals surface area contributed by atoms with E-state index < -0.39 is 6.04 Å². The summed E-state index contributed by atoms with van der Waals surface area (Å²) in [5.74, 6) is 1.64. The minimum absolute atomic E-state index is 0.0849. The van der Waals surface area contributed by atoms with Gasteiger partial charge in [0.05, 0.1) is 12.3 Å². The molecule has 0 spiro atoms. The number of urea groups is 1. The van der Waals surface area contributed by atoms with Crippen LogP contribution in [0.25, 0.3) is 0 Å². The Morgan fingerprint density at radius 3 is 2.38 bits per heavy atom. The second-order valence-corrected chi connectivity index (χ2v) is 10.1. The molecule has 2 aliphatic carbocycles. The van der Waals surface area contributed by atoms with Gasteiger partial charge in [-0.15, -0.1) is 0 Å². The highest BCUT2D eigenvalue weighted by Gasteiger charge is 2.27. The Bertz CT molecular complexity index is 836. The molecule has 1 fully saturated rings. The molecule has 9 heteroatoms. The minimum Gasteiger partial charge on any atom is -0.464 e. The highest BCUT2D eigenvalue weighted by Crippen LogP contribution is 2.29. The molecule has 0 aliphatic heterocycles. The number of hydrogen-bond donors (Lipinski definition) is 3. The smallest absolute Gasteiger partial charge is 0.328 e. The number of aryl methyl sites for hydroxylation is 1. The van der Waals surface area contributed by atoms with Crippen molar-refractivity contribution < 1.29 is 14.3 Å². The number of carbonyl (C=O) groups excluding carboxylic acids is 2. The van der Waals surface area contributed by atoms with E-state index in [0.717, 1.165) is 44.3 Å². The summed E-state index contributed by atoms with van der Waals surface area (Å²) < 4.78 is 5.12. The summed E-state index contributed by atoms with van der Waals surface area (Å²) in [6.07, 6.45) is 8.59. The molecule has 0 aromatic carbocycles. The SMILES string of the molecule is CCOC(=O)C(CC(C)C)NC(=O)NC1CCC(Nc2nc3c(c(N(C)C)n2)CCCC3)CC1. The minimum atomic E-state index is -0.620. The van der Waals surface area contributed by atoms with E-state index in [9.17, 15) is 9.59 Å². The summed E-state index contributed by atoms with van der Waals surface area (Å²) in [6, 6.07) is -0.554. The largest absolute Gasteiger partial charge is 0.464 e. The van der Waals surface area contributed by atoms with Gasteiger partial charge >= 0.3 is 12.0 Å². The number of aromatic nitrogens is 2. The molecule has 1 atom stereocenters. The molecular formula is C25H42N6O3. The normalized spacial score (nSPS) is 20.8. The molecule has 9 nitrogen and oxygen atoms in total. The van der Waals surface area contributed by atoms with Crippen LogP contribution in [0.5, 0.6) is 0 Å². The van der Waals surface area contributed by atoms with Crippen LogP contribution in [0.4, 0.5) is 16.6 Å². The van der Waals surface area contributed by atoms with Crippen LogP contribution in [0.2, 0.25) is 0 Å². The molecule has 1 aromatic heterocycles. The summed E-state index contributed by atoms with van der Waals surface area (Å²) >= 11 is 0. The predicted octanol–water partition coefficient (Wildman–Crippen LogP) is 3.42. The first-order valence-corrected chi connectivity index (χ1v) is 12.8. The Labute approximate surface area is 203 Å². The van der Waals surface area contributed by atoms with E-state index in [1.807, 2.05) is 27.9 Å². The van der Waals surface area contributed by atoms with Crippen molar-refractivity contribution in [2.45, 2.75) is 96.7 Å². The second kappa shape index (κ2) is 12.2. The van der Waals surface area contributed by atoms with E-state index >= 15 is 0 Å². The van der Waals surface area contributed by atoms with Crippen LogP contribution in [-0.2, 0) is 22.4 Å². The van der Waals surface area contributed by atoms with Crippen molar-refractivity contribution in [3.63, 3.8) is 0 Å². The Morgan fingerprint density at radius 1 is 1.06 bits per heavy atom. The van der Waals surface area contributed by atoms with E-state index in [0.29, 0.717) is 19.0 Å². The number of ether oxygens (including phenoxy) is 1. The zero-order valence-corrected chi connectivity index (χ0v) is 21.4. The molecule has 1 heterocycles.